The minimum absolute atomic E-state index is 0.0256. The van der Waals surface area contributed by atoms with Crippen molar-refractivity contribution in [1.82, 2.24) is 19.5 Å². The van der Waals surface area contributed by atoms with Gasteiger partial charge in [0.1, 0.15) is 11.5 Å². The molecule has 4 rings (SSSR count). The number of fused-ring (bicyclic) bond motifs is 1. The summed E-state index contributed by atoms with van der Waals surface area (Å²) < 4.78 is 12.6. The Morgan fingerprint density at radius 3 is 2.61 bits per heavy atom. The quantitative estimate of drug-likeness (QED) is 0.735. The van der Waals surface area contributed by atoms with Gasteiger partial charge in [-0.2, -0.15) is 0 Å². The Kier molecular flexibility index (Phi) is 4.85. The number of hydrogen-bond acceptors (Lipinski definition) is 5. The largest absolute Gasteiger partial charge is 0.496 e. The summed E-state index contributed by atoms with van der Waals surface area (Å²) in [6, 6.07) is 7.87. The maximum Gasteiger partial charge on any atom is 0.275 e. The van der Waals surface area contributed by atoms with E-state index in [2.05, 4.69) is 15.0 Å². The maximum absolute atomic E-state index is 12.5. The molecule has 0 radical (unpaired) electrons. The Balaban J connectivity index is 1.56. The highest BCUT2D eigenvalue weighted by Crippen LogP contribution is 2.33. The van der Waals surface area contributed by atoms with Gasteiger partial charge in [-0.25, -0.2) is 9.50 Å². The number of rotatable bonds is 5. The van der Waals surface area contributed by atoms with Crippen LogP contribution in [0.15, 0.2) is 29.1 Å². The molecule has 1 aliphatic heterocycles. The third kappa shape index (κ3) is 3.16. The molecule has 0 spiro atoms. The molecule has 3 heterocycles. The van der Waals surface area contributed by atoms with Crippen LogP contribution < -0.4 is 15.0 Å². The Morgan fingerprint density at radius 2 is 1.93 bits per heavy atom. The van der Waals surface area contributed by atoms with Gasteiger partial charge >= 0.3 is 0 Å². The predicted molar refractivity (Wildman–Crippen MR) is 107 cm³/mol. The van der Waals surface area contributed by atoms with Gasteiger partial charge in [-0.1, -0.05) is 6.07 Å². The number of likely N-dealkylation sites (tertiary alicyclic amines) is 1. The second-order valence-corrected chi connectivity index (χ2v) is 7.39. The van der Waals surface area contributed by atoms with Crippen molar-refractivity contribution in [3.8, 4) is 11.5 Å². The first-order chi connectivity index (χ1) is 13.5. The molecule has 0 bridgehead atoms. The van der Waals surface area contributed by atoms with Crippen molar-refractivity contribution in [2.45, 2.75) is 32.7 Å². The van der Waals surface area contributed by atoms with E-state index in [0.29, 0.717) is 17.1 Å². The summed E-state index contributed by atoms with van der Waals surface area (Å²) in [6.45, 7) is 6.33. The van der Waals surface area contributed by atoms with Crippen LogP contribution in [0.4, 0.5) is 0 Å². The van der Waals surface area contributed by atoms with Crippen LogP contribution in [0.2, 0.25) is 0 Å². The van der Waals surface area contributed by atoms with Gasteiger partial charge in [0, 0.05) is 42.0 Å². The predicted octanol–water partition coefficient (Wildman–Crippen LogP) is 2.65. The number of aryl methyl sites for hydroxylation is 1. The lowest BCUT2D eigenvalue weighted by molar-refractivity contribution is 0.305. The molecule has 7 nitrogen and oxygen atoms in total. The standard InChI is InChI=1S/C21H26N4O3/c1-13-14(2)22-20-10-17(23-25(20)21(13)26)15-8-9-24(11-15)12-16-18(27-3)6-5-7-19(16)28-4/h5-7,10,15,23H,8-9,11-12H2,1-4H3/t15-/m0/s1. The van der Waals surface area contributed by atoms with Gasteiger partial charge in [0.05, 0.1) is 19.8 Å². The lowest BCUT2D eigenvalue weighted by atomic mass is 10.1. The lowest BCUT2D eigenvalue weighted by Crippen LogP contribution is -2.21. The fourth-order valence-corrected chi connectivity index (χ4v) is 3.98. The van der Waals surface area contributed by atoms with E-state index in [0.717, 1.165) is 54.5 Å². The zero-order valence-corrected chi connectivity index (χ0v) is 16.8. The minimum Gasteiger partial charge on any atom is -0.496 e. The molecule has 1 aromatic carbocycles. The maximum atomic E-state index is 12.5. The highest BCUT2D eigenvalue weighted by atomic mass is 16.5. The van der Waals surface area contributed by atoms with Gasteiger partial charge in [-0.05, 0) is 38.9 Å². The fourth-order valence-electron chi connectivity index (χ4n) is 3.98. The molecule has 2 aromatic heterocycles. The number of ether oxygens (including phenoxy) is 2. The minimum atomic E-state index is -0.0256. The molecule has 0 amide bonds. The monoisotopic (exact) mass is 382 g/mol. The molecule has 3 aromatic rings. The summed E-state index contributed by atoms with van der Waals surface area (Å²) >= 11 is 0. The highest BCUT2D eigenvalue weighted by molar-refractivity contribution is 5.45. The molecule has 1 saturated heterocycles. The molecule has 0 aliphatic carbocycles. The molecule has 148 valence electrons. The number of hydrogen-bond donors (Lipinski definition) is 1. The van der Waals surface area contributed by atoms with E-state index in [1.807, 2.05) is 38.1 Å². The van der Waals surface area contributed by atoms with Crippen LogP contribution in [-0.4, -0.2) is 46.8 Å². The van der Waals surface area contributed by atoms with Crippen molar-refractivity contribution >= 4 is 5.65 Å². The third-order valence-electron chi connectivity index (χ3n) is 5.73. The van der Waals surface area contributed by atoms with E-state index < -0.39 is 0 Å². The molecule has 28 heavy (non-hydrogen) atoms. The highest BCUT2D eigenvalue weighted by Gasteiger charge is 2.27. The molecule has 1 atom stereocenters. The average molecular weight is 382 g/mol. The van der Waals surface area contributed by atoms with Gasteiger partial charge in [-0.15, -0.1) is 0 Å². The van der Waals surface area contributed by atoms with E-state index in [1.165, 1.54) is 0 Å². The van der Waals surface area contributed by atoms with Crippen molar-refractivity contribution in [1.29, 1.82) is 0 Å². The lowest BCUT2D eigenvalue weighted by Gasteiger charge is -2.19. The van der Waals surface area contributed by atoms with Gasteiger partial charge in [0.15, 0.2) is 5.65 Å². The molecule has 7 heteroatoms. The normalized spacial score (nSPS) is 17.4. The number of nitrogens with one attached hydrogen (secondary N) is 1. The number of aromatic amines is 1. The van der Waals surface area contributed by atoms with Crippen LogP contribution in [0.1, 0.15) is 34.9 Å². The Hall–Kier alpha value is -2.80. The summed E-state index contributed by atoms with van der Waals surface area (Å²) in [5.74, 6) is 2.02. The zero-order chi connectivity index (χ0) is 19.8. The molecule has 0 saturated carbocycles. The van der Waals surface area contributed by atoms with Gasteiger partial charge < -0.3 is 9.47 Å². The first kappa shape index (κ1) is 18.6. The summed E-state index contributed by atoms with van der Waals surface area (Å²) in [6.07, 6.45) is 1.02. The first-order valence-corrected chi connectivity index (χ1v) is 9.53. The van der Waals surface area contributed by atoms with Crippen molar-refractivity contribution in [2.75, 3.05) is 27.3 Å². The molecule has 1 fully saturated rings. The van der Waals surface area contributed by atoms with Gasteiger partial charge in [-0.3, -0.25) is 14.8 Å². The Morgan fingerprint density at radius 1 is 1.21 bits per heavy atom. The van der Waals surface area contributed by atoms with Crippen LogP contribution in [0.25, 0.3) is 5.65 Å². The molecule has 1 N–H and O–H groups in total. The first-order valence-electron chi connectivity index (χ1n) is 9.53. The van der Waals surface area contributed by atoms with Crippen LogP contribution >= 0.6 is 0 Å². The molecule has 0 unspecified atom stereocenters. The van der Waals surface area contributed by atoms with Crippen molar-refractivity contribution in [3.63, 3.8) is 0 Å². The van der Waals surface area contributed by atoms with E-state index in [4.69, 9.17) is 9.47 Å². The van der Waals surface area contributed by atoms with E-state index in [-0.39, 0.29) is 5.56 Å². The number of benzene rings is 1. The molecular weight excluding hydrogens is 356 g/mol. The van der Waals surface area contributed by atoms with E-state index in [9.17, 15) is 4.79 Å². The van der Waals surface area contributed by atoms with E-state index in [1.54, 1.807) is 18.7 Å². The number of methoxy groups -OCH3 is 2. The molecule has 1 aliphatic rings. The summed E-state index contributed by atoms with van der Waals surface area (Å²) in [7, 11) is 3.37. The number of aromatic nitrogens is 3. The van der Waals surface area contributed by atoms with E-state index >= 15 is 0 Å². The summed E-state index contributed by atoms with van der Waals surface area (Å²) in [4.78, 5) is 19.4. The number of nitrogens with zero attached hydrogens (tertiary/aromatic N) is 3. The van der Waals surface area contributed by atoms with Crippen LogP contribution in [0.3, 0.4) is 0 Å². The average Bonchev–Trinajstić information content (AvgIpc) is 3.33. The Bertz CT molecular complexity index is 1050. The zero-order valence-electron chi connectivity index (χ0n) is 16.8. The smallest absolute Gasteiger partial charge is 0.275 e. The summed E-state index contributed by atoms with van der Waals surface area (Å²) in [5, 5.41) is 3.27. The molecular formula is C21H26N4O3. The third-order valence-corrected chi connectivity index (χ3v) is 5.73. The topological polar surface area (TPSA) is 71.9 Å². The van der Waals surface area contributed by atoms with Gasteiger partial charge in [0.25, 0.3) is 5.56 Å². The Labute approximate surface area is 163 Å². The van der Waals surface area contributed by atoms with Crippen LogP contribution in [0, 0.1) is 13.8 Å². The second-order valence-electron chi connectivity index (χ2n) is 7.39. The number of H-pyrrole nitrogens is 1. The fraction of sp³-hybridized carbons (Fsp3) is 0.429. The van der Waals surface area contributed by atoms with Crippen molar-refractivity contribution in [3.05, 3.63) is 57.1 Å². The van der Waals surface area contributed by atoms with Gasteiger partial charge in [0.2, 0.25) is 0 Å². The SMILES string of the molecule is COc1cccc(OC)c1CN1CC[C@H](c2cc3nc(C)c(C)c(=O)n3[nH]2)C1. The summed E-state index contributed by atoms with van der Waals surface area (Å²) in [5.41, 5.74) is 4.25. The second kappa shape index (κ2) is 7.31. The van der Waals surface area contributed by atoms with Crippen LogP contribution in [0.5, 0.6) is 11.5 Å². The van der Waals surface area contributed by atoms with Crippen LogP contribution in [-0.2, 0) is 6.54 Å². The van der Waals surface area contributed by atoms with Crippen molar-refractivity contribution < 1.29 is 9.47 Å². The van der Waals surface area contributed by atoms with Crippen molar-refractivity contribution in [2.24, 2.45) is 0 Å².